The molecule has 3 aromatic carbocycles. The van der Waals surface area contributed by atoms with Gasteiger partial charge in [-0.15, -0.1) is 0 Å². The lowest BCUT2D eigenvalue weighted by molar-refractivity contribution is -0.254. The van der Waals surface area contributed by atoms with Gasteiger partial charge in [0.15, 0.2) is 11.6 Å². The molecule has 0 heterocycles. The second-order valence-electron chi connectivity index (χ2n) is 6.61. The number of carbonyl (C=O) groups excluding carboxylic acids is 2. The summed E-state index contributed by atoms with van der Waals surface area (Å²) in [7, 11) is 0. The molecule has 0 radical (unpaired) electrons. The van der Waals surface area contributed by atoms with Crippen molar-refractivity contribution in [1.82, 2.24) is 0 Å². The van der Waals surface area contributed by atoms with Crippen LogP contribution in [-0.2, 0) is 0 Å². The van der Waals surface area contributed by atoms with Gasteiger partial charge in [-0.25, -0.2) is 8.78 Å². The first-order valence-electron chi connectivity index (χ1n) is 9.18. The molecule has 0 bridgehead atoms. The van der Waals surface area contributed by atoms with Crippen LogP contribution in [-0.4, -0.2) is 24.3 Å². The summed E-state index contributed by atoms with van der Waals surface area (Å²) < 4.78 is 81.2. The highest BCUT2D eigenvalue weighted by molar-refractivity contribution is 6.06. The number of carbonyl (C=O) groups is 2. The van der Waals surface area contributed by atoms with Gasteiger partial charge < -0.3 is 15.4 Å². The van der Waals surface area contributed by atoms with E-state index < -0.39 is 41.7 Å². The van der Waals surface area contributed by atoms with Gasteiger partial charge in [0.05, 0.1) is 0 Å². The lowest BCUT2D eigenvalue weighted by atomic mass is 10.1. The minimum Gasteiger partial charge on any atom is -0.425 e. The summed E-state index contributed by atoms with van der Waals surface area (Å²) in [6.07, 6.45) is -9.16. The second kappa shape index (κ2) is 9.63. The van der Waals surface area contributed by atoms with Crippen LogP contribution in [0.3, 0.4) is 0 Å². The average molecular weight is 468 g/mol. The van der Waals surface area contributed by atoms with E-state index >= 15 is 0 Å². The molecule has 0 aliphatic rings. The van der Waals surface area contributed by atoms with Gasteiger partial charge in [-0.2, -0.15) is 17.6 Å². The van der Waals surface area contributed by atoms with Crippen molar-refractivity contribution in [3.63, 3.8) is 0 Å². The minimum atomic E-state index is -4.95. The lowest BCUT2D eigenvalue weighted by Gasteiger charge is -2.17. The zero-order valence-electron chi connectivity index (χ0n) is 16.4. The quantitative estimate of drug-likeness (QED) is 0.437. The second-order valence-corrected chi connectivity index (χ2v) is 6.61. The van der Waals surface area contributed by atoms with E-state index in [9.17, 15) is 35.9 Å². The molecule has 0 spiro atoms. The van der Waals surface area contributed by atoms with E-state index in [0.29, 0.717) is 12.1 Å². The summed E-state index contributed by atoms with van der Waals surface area (Å²) >= 11 is 0. The predicted octanol–water partition coefficient (Wildman–Crippen LogP) is 5.71. The largest absolute Gasteiger partial charge is 0.461 e. The first kappa shape index (κ1) is 23.6. The van der Waals surface area contributed by atoms with Crippen LogP contribution in [0.15, 0.2) is 66.7 Å². The SMILES string of the molecule is O=C(Nc1cccc(NC(=O)c2ccc(F)c(OC(F)(F)C(F)F)c2)c1)c1ccc(F)cc1. The van der Waals surface area contributed by atoms with Gasteiger partial charge in [0.25, 0.3) is 11.8 Å². The topological polar surface area (TPSA) is 67.4 Å². The maximum Gasteiger partial charge on any atom is 0.461 e. The number of amides is 2. The van der Waals surface area contributed by atoms with Crippen molar-refractivity contribution in [2.45, 2.75) is 12.5 Å². The molecule has 0 unspecified atom stereocenters. The van der Waals surface area contributed by atoms with Crippen molar-refractivity contribution < 1.29 is 40.7 Å². The number of rotatable bonds is 7. The molecule has 0 aliphatic carbocycles. The van der Waals surface area contributed by atoms with E-state index in [1.165, 1.54) is 36.4 Å². The van der Waals surface area contributed by atoms with Crippen molar-refractivity contribution in [3.8, 4) is 5.75 Å². The first-order valence-corrected chi connectivity index (χ1v) is 9.18. The Kier molecular flexibility index (Phi) is 6.90. The molecule has 0 aromatic heterocycles. The van der Waals surface area contributed by atoms with Crippen LogP contribution in [0.5, 0.6) is 5.75 Å². The maximum absolute atomic E-state index is 13.7. The number of nitrogens with one attached hydrogen (secondary N) is 2. The number of hydrogen-bond acceptors (Lipinski definition) is 3. The normalized spacial score (nSPS) is 11.2. The predicted molar refractivity (Wildman–Crippen MR) is 107 cm³/mol. The molecule has 5 nitrogen and oxygen atoms in total. The van der Waals surface area contributed by atoms with Crippen molar-refractivity contribution in [1.29, 1.82) is 0 Å². The van der Waals surface area contributed by atoms with E-state index in [4.69, 9.17) is 0 Å². The molecule has 0 aliphatic heterocycles. The van der Waals surface area contributed by atoms with Gasteiger partial charge in [0.1, 0.15) is 5.82 Å². The maximum atomic E-state index is 13.7. The van der Waals surface area contributed by atoms with E-state index in [0.717, 1.165) is 18.2 Å². The number of benzene rings is 3. The van der Waals surface area contributed by atoms with Gasteiger partial charge in [-0.1, -0.05) is 6.07 Å². The molecular formula is C22H14F6N2O3. The summed E-state index contributed by atoms with van der Waals surface area (Å²) in [6, 6.07) is 12.7. The molecule has 0 saturated carbocycles. The van der Waals surface area contributed by atoms with Gasteiger partial charge in [0.2, 0.25) is 0 Å². The van der Waals surface area contributed by atoms with E-state index in [-0.39, 0.29) is 22.5 Å². The average Bonchev–Trinajstić information content (AvgIpc) is 2.75. The molecule has 3 aromatic rings. The summed E-state index contributed by atoms with van der Waals surface area (Å²) in [4.78, 5) is 24.6. The summed E-state index contributed by atoms with van der Waals surface area (Å²) in [6.45, 7) is 0. The van der Waals surface area contributed by atoms with Crippen molar-refractivity contribution in [2.75, 3.05) is 10.6 Å². The summed E-state index contributed by atoms with van der Waals surface area (Å²) in [5, 5.41) is 4.95. The highest BCUT2D eigenvalue weighted by Gasteiger charge is 2.44. The fraction of sp³-hybridized carbons (Fsp3) is 0.0909. The smallest absolute Gasteiger partial charge is 0.425 e. The van der Waals surface area contributed by atoms with Gasteiger partial charge in [-0.05, 0) is 60.7 Å². The molecule has 2 N–H and O–H groups in total. The Morgan fingerprint density at radius 3 is 1.91 bits per heavy atom. The molecule has 172 valence electrons. The van der Waals surface area contributed by atoms with Gasteiger partial charge in [0, 0.05) is 22.5 Å². The highest BCUT2D eigenvalue weighted by atomic mass is 19.3. The van der Waals surface area contributed by atoms with Crippen molar-refractivity contribution >= 4 is 23.2 Å². The van der Waals surface area contributed by atoms with Crippen molar-refractivity contribution in [2.24, 2.45) is 0 Å². The van der Waals surface area contributed by atoms with Crippen LogP contribution in [0.4, 0.5) is 37.7 Å². The molecular weight excluding hydrogens is 454 g/mol. The van der Waals surface area contributed by atoms with E-state index in [2.05, 4.69) is 15.4 Å². The van der Waals surface area contributed by atoms with Crippen molar-refractivity contribution in [3.05, 3.63) is 89.5 Å². The number of alkyl halides is 4. The monoisotopic (exact) mass is 468 g/mol. The Labute approximate surface area is 183 Å². The number of halogens is 6. The van der Waals surface area contributed by atoms with E-state index in [1.807, 2.05) is 0 Å². The number of anilines is 2. The third-order valence-electron chi connectivity index (χ3n) is 4.18. The van der Waals surface area contributed by atoms with Gasteiger partial charge >= 0.3 is 12.5 Å². The molecule has 0 fully saturated rings. The lowest BCUT2D eigenvalue weighted by Crippen LogP contribution is -2.33. The molecule has 11 heteroatoms. The first-order chi connectivity index (χ1) is 15.5. The van der Waals surface area contributed by atoms with Crippen LogP contribution in [0.1, 0.15) is 20.7 Å². The summed E-state index contributed by atoms with van der Waals surface area (Å²) in [5.74, 6) is -4.53. The van der Waals surface area contributed by atoms with Crippen LogP contribution >= 0.6 is 0 Å². The van der Waals surface area contributed by atoms with Gasteiger partial charge in [-0.3, -0.25) is 9.59 Å². The summed E-state index contributed by atoms with van der Waals surface area (Å²) in [5.41, 5.74) is 0.269. The Bertz CT molecular complexity index is 1170. The fourth-order valence-electron chi connectivity index (χ4n) is 2.60. The molecule has 3 rings (SSSR count). The number of hydrogen-bond donors (Lipinski definition) is 2. The van der Waals surface area contributed by atoms with Crippen LogP contribution in [0.25, 0.3) is 0 Å². The Balaban J connectivity index is 1.72. The molecule has 2 amide bonds. The minimum absolute atomic E-state index is 0.168. The fourth-order valence-corrected chi connectivity index (χ4v) is 2.60. The Hall–Kier alpha value is -4.02. The van der Waals surface area contributed by atoms with Crippen LogP contribution < -0.4 is 15.4 Å². The molecule has 0 atom stereocenters. The number of ether oxygens (including phenoxy) is 1. The highest BCUT2D eigenvalue weighted by Crippen LogP contribution is 2.30. The zero-order valence-corrected chi connectivity index (χ0v) is 16.4. The zero-order chi connectivity index (χ0) is 24.2. The third kappa shape index (κ3) is 6.03. The van der Waals surface area contributed by atoms with E-state index in [1.54, 1.807) is 0 Å². The third-order valence-corrected chi connectivity index (χ3v) is 4.18. The molecule has 0 saturated heterocycles. The standard InChI is InChI=1S/C22H14F6N2O3/c23-14-7-4-12(5-8-14)19(31)29-15-2-1-3-16(11-15)30-20(32)13-6-9-17(24)18(10-13)33-22(27,28)21(25)26/h1-11,21H,(H,29,31)(H,30,32). The Morgan fingerprint density at radius 1 is 0.788 bits per heavy atom. The van der Waals surface area contributed by atoms with Crippen LogP contribution in [0.2, 0.25) is 0 Å². The van der Waals surface area contributed by atoms with Crippen LogP contribution in [0, 0.1) is 11.6 Å². The molecule has 33 heavy (non-hydrogen) atoms. The Morgan fingerprint density at radius 2 is 1.33 bits per heavy atom.